The van der Waals surface area contributed by atoms with Gasteiger partial charge in [-0.3, -0.25) is 0 Å². The Morgan fingerprint density at radius 1 is 1.41 bits per heavy atom. The smallest absolute Gasteiger partial charge is 0.160 e. The molecular formula is C13H21N3O. The van der Waals surface area contributed by atoms with E-state index in [1.165, 1.54) is 12.8 Å². The predicted octanol–water partition coefficient (Wildman–Crippen LogP) is 2.42. The fourth-order valence-corrected chi connectivity index (χ4v) is 2.44. The molecule has 0 aromatic carbocycles. The van der Waals surface area contributed by atoms with Crippen molar-refractivity contribution in [3.8, 4) is 0 Å². The molecule has 0 amide bonds. The number of anilines is 1. The van der Waals surface area contributed by atoms with Crippen LogP contribution in [0.1, 0.15) is 44.1 Å². The minimum atomic E-state index is -0.301. The first-order valence-corrected chi connectivity index (χ1v) is 6.22. The molecule has 1 aromatic heterocycles. The fourth-order valence-electron chi connectivity index (χ4n) is 2.44. The van der Waals surface area contributed by atoms with Crippen LogP contribution in [0.15, 0.2) is 6.20 Å². The topological polar surface area (TPSA) is 61.0 Å². The summed E-state index contributed by atoms with van der Waals surface area (Å²) in [6.45, 7) is 4.20. The minimum absolute atomic E-state index is 0.301. The van der Waals surface area contributed by atoms with Crippen LogP contribution in [-0.2, 0) is 10.3 Å². The van der Waals surface area contributed by atoms with E-state index in [0.717, 1.165) is 30.3 Å². The summed E-state index contributed by atoms with van der Waals surface area (Å²) >= 11 is 0. The highest BCUT2D eigenvalue weighted by atomic mass is 16.5. The Morgan fingerprint density at radius 3 is 2.59 bits per heavy atom. The quantitative estimate of drug-likeness (QED) is 0.855. The molecule has 0 spiro atoms. The summed E-state index contributed by atoms with van der Waals surface area (Å²) in [5.41, 5.74) is 6.94. The maximum absolute atomic E-state index is 5.76. The molecule has 1 aliphatic carbocycles. The van der Waals surface area contributed by atoms with Crippen molar-refractivity contribution in [2.75, 3.05) is 12.8 Å². The molecule has 1 saturated carbocycles. The van der Waals surface area contributed by atoms with Crippen molar-refractivity contribution in [3.63, 3.8) is 0 Å². The molecule has 1 aliphatic rings. The number of aromatic nitrogens is 2. The highest BCUT2D eigenvalue weighted by Crippen LogP contribution is 2.40. The zero-order chi connectivity index (χ0) is 12.5. The summed E-state index contributed by atoms with van der Waals surface area (Å²) in [6.07, 6.45) is 6.01. The highest BCUT2D eigenvalue weighted by molar-refractivity contribution is 5.39. The van der Waals surface area contributed by atoms with E-state index in [2.05, 4.69) is 16.9 Å². The van der Waals surface area contributed by atoms with Crippen molar-refractivity contribution < 1.29 is 4.74 Å². The molecule has 4 nitrogen and oxygen atoms in total. The van der Waals surface area contributed by atoms with Gasteiger partial charge in [0.25, 0.3) is 0 Å². The molecule has 0 aliphatic heterocycles. The van der Waals surface area contributed by atoms with Crippen LogP contribution in [0.5, 0.6) is 0 Å². The second kappa shape index (κ2) is 4.61. The summed E-state index contributed by atoms with van der Waals surface area (Å²) < 4.78 is 5.74. The molecule has 0 unspecified atom stereocenters. The standard InChI is InChI=1S/C13H21N3O/c1-9-4-6-13(17-3,7-5-9)12-15-8-11(14)10(2)16-12/h8-9H,4-7,14H2,1-3H3. The molecule has 17 heavy (non-hydrogen) atoms. The number of hydrogen-bond donors (Lipinski definition) is 1. The largest absolute Gasteiger partial charge is 0.396 e. The summed E-state index contributed by atoms with van der Waals surface area (Å²) in [7, 11) is 1.75. The van der Waals surface area contributed by atoms with Crippen molar-refractivity contribution in [2.45, 2.75) is 45.1 Å². The van der Waals surface area contributed by atoms with Crippen molar-refractivity contribution in [1.29, 1.82) is 0 Å². The molecule has 2 N–H and O–H groups in total. The average molecular weight is 235 g/mol. The van der Waals surface area contributed by atoms with E-state index in [1.807, 2.05) is 6.92 Å². The Morgan fingerprint density at radius 2 is 2.06 bits per heavy atom. The maximum Gasteiger partial charge on any atom is 0.160 e. The molecule has 1 heterocycles. The first kappa shape index (κ1) is 12.3. The zero-order valence-corrected chi connectivity index (χ0v) is 10.9. The predicted molar refractivity (Wildman–Crippen MR) is 67.5 cm³/mol. The van der Waals surface area contributed by atoms with Gasteiger partial charge in [-0.15, -0.1) is 0 Å². The molecule has 1 aromatic rings. The molecule has 0 atom stereocenters. The summed E-state index contributed by atoms with van der Waals surface area (Å²) in [5.74, 6) is 1.56. The number of nitrogens with two attached hydrogens (primary N) is 1. The van der Waals surface area contributed by atoms with Gasteiger partial charge in [-0.25, -0.2) is 9.97 Å². The highest BCUT2D eigenvalue weighted by Gasteiger charge is 2.38. The van der Waals surface area contributed by atoms with Crippen LogP contribution in [0.25, 0.3) is 0 Å². The van der Waals surface area contributed by atoms with Gasteiger partial charge in [0, 0.05) is 7.11 Å². The van der Waals surface area contributed by atoms with Crippen LogP contribution in [0.4, 0.5) is 5.69 Å². The Hall–Kier alpha value is -1.16. The van der Waals surface area contributed by atoms with Gasteiger partial charge >= 0.3 is 0 Å². The van der Waals surface area contributed by atoms with Crippen LogP contribution in [0.3, 0.4) is 0 Å². The summed E-state index contributed by atoms with van der Waals surface area (Å²) in [5, 5.41) is 0. The second-order valence-electron chi connectivity index (χ2n) is 5.12. The minimum Gasteiger partial charge on any atom is -0.396 e. The van der Waals surface area contributed by atoms with Crippen LogP contribution in [-0.4, -0.2) is 17.1 Å². The normalized spacial score (nSPS) is 29.2. The third-order valence-corrected chi connectivity index (χ3v) is 3.90. The van der Waals surface area contributed by atoms with E-state index in [9.17, 15) is 0 Å². The van der Waals surface area contributed by atoms with E-state index in [4.69, 9.17) is 10.5 Å². The SMILES string of the molecule is COC1(c2ncc(N)c(C)n2)CCC(C)CC1. The number of nitrogens with zero attached hydrogens (tertiary/aromatic N) is 2. The van der Waals surface area contributed by atoms with Gasteiger partial charge in [-0.05, 0) is 38.5 Å². The van der Waals surface area contributed by atoms with Gasteiger partial charge in [0.2, 0.25) is 0 Å². The Labute approximate surface area is 103 Å². The molecule has 4 heteroatoms. The third-order valence-electron chi connectivity index (χ3n) is 3.90. The van der Waals surface area contributed by atoms with E-state index in [0.29, 0.717) is 5.69 Å². The Kier molecular flexibility index (Phi) is 3.33. The number of nitrogen functional groups attached to an aromatic ring is 1. The van der Waals surface area contributed by atoms with Gasteiger partial charge in [-0.1, -0.05) is 6.92 Å². The first-order chi connectivity index (χ1) is 8.07. The van der Waals surface area contributed by atoms with Crippen molar-refractivity contribution >= 4 is 5.69 Å². The lowest BCUT2D eigenvalue weighted by Gasteiger charge is -2.37. The van der Waals surface area contributed by atoms with Crippen LogP contribution in [0, 0.1) is 12.8 Å². The van der Waals surface area contributed by atoms with Gasteiger partial charge in [0.1, 0.15) is 5.60 Å². The van der Waals surface area contributed by atoms with E-state index in [-0.39, 0.29) is 5.60 Å². The van der Waals surface area contributed by atoms with E-state index in [1.54, 1.807) is 13.3 Å². The molecule has 2 rings (SSSR count). The number of ether oxygens (including phenoxy) is 1. The van der Waals surface area contributed by atoms with Crippen molar-refractivity contribution in [3.05, 3.63) is 17.7 Å². The van der Waals surface area contributed by atoms with Crippen molar-refractivity contribution in [1.82, 2.24) is 9.97 Å². The molecular weight excluding hydrogens is 214 g/mol. The molecule has 1 fully saturated rings. The lowest BCUT2D eigenvalue weighted by atomic mass is 9.79. The number of hydrogen-bond acceptors (Lipinski definition) is 4. The molecule has 94 valence electrons. The summed E-state index contributed by atoms with van der Waals surface area (Å²) in [6, 6.07) is 0. The molecule has 0 bridgehead atoms. The number of aryl methyl sites for hydroxylation is 1. The van der Waals surface area contributed by atoms with Gasteiger partial charge in [0.05, 0.1) is 17.6 Å². The van der Waals surface area contributed by atoms with Gasteiger partial charge < -0.3 is 10.5 Å². The van der Waals surface area contributed by atoms with Gasteiger partial charge in [-0.2, -0.15) is 0 Å². The second-order valence-corrected chi connectivity index (χ2v) is 5.12. The van der Waals surface area contributed by atoms with Crippen molar-refractivity contribution in [2.24, 2.45) is 5.92 Å². The monoisotopic (exact) mass is 235 g/mol. The van der Waals surface area contributed by atoms with E-state index < -0.39 is 0 Å². The fraction of sp³-hybridized carbons (Fsp3) is 0.692. The van der Waals surface area contributed by atoms with Crippen LogP contribution >= 0.6 is 0 Å². The number of methoxy groups -OCH3 is 1. The lowest BCUT2D eigenvalue weighted by molar-refractivity contribution is -0.0598. The number of rotatable bonds is 2. The molecule has 0 saturated heterocycles. The zero-order valence-electron chi connectivity index (χ0n) is 10.9. The van der Waals surface area contributed by atoms with Crippen LogP contribution in [0.2, 0.25) is 0 Å². The lowest BCUT2D eigenvalue weighted by Crippen LogP contribution is -2.35. The summed E-state index contributed by atoms with van der Waals surface area (Å²) in [4.78, 5) is 8.87. The van der Waals surface area contributed by atoms with Gasteiger partial charge in [0.15, 0.2) is 5.82 Å². The third kappa shape index (κ3) is 2.27. The maximum atomic E-state index is 5.76. The Bertz CT molecular complexity index is 398. The Balaban J connectivity index is 2.31. The molecule has 0 radical (unpaired) electrons. The first-order valence-electron chi connectivity index (χ1n) is 6.22. The average Bonchev–Trinajstić information content (AvgIpc) is 2.34. The van der Waals surface area contributed by atoms with Crippen LogP contribution < -0.4 is 5.73 Å². The van der Waals surface area contributed by atoms with E-state index >= 15 is 0 Å².